The average Bonchev–Trinajstić information content (AvgIpc) is 3.78. The van der Waals surface area contributed by atoms with E-state index in [1.807, 2.05) is 35.2 Å². The largest absolute Gasteiger partial charge is 0.464 e. The second kappa shape index (κ2) is 16.0. The van der Waals surface area contributed by atoms with Crippen molar-refractivity contribution < 1.29 is 27.9 Å². The topological polar surface area (TPSA) is 141 Å². The van der Waals surface area contributed by atoms with Gasteiger partial charge in [-0.2, -0.15) is 0 Å². The normalized spacial score (nSPS) is 17.5. The van der Waals surface area contributed by atoms with Crippen LogP contribution >= 0.6 is 34.5 Å². The van der Waals surface area contributed by atoms with Crippen molar-refractivity contribution >= 4 is 78.6 Å². The number of hydrogen-bond donors (Lipinski definition) is 3. The Morgan fingerprint density at radius 1 is 1.00 bits per heavy atom. The number of amides is 1. The Labute approximate surface area is 305 Å². The Balaban J connectivity index is 0.000000212. The second-order valence-electron chi connectivity index (χ2n) is 12.1. The van der Waals surface area contributed by atoms with Gasteiger partial charge in [0.25, 0.3) is 10.0 Å². The van der Waals surface area contributed by atoms with E-state index in [0.29, 0.717) is 23.9 Å². The van der Waals surface area contributed by atoms with Crippen molar-refractivity contribution in [3.05, 3.63) is 93.4 Å². The number of halogens is 2. The van der Waals surface area contributed by atoms with Gasteiger partial charge in [-0.15, -0.1) is 11.3 Å². The fourth-order valence-electron chi connectivity index (χ4n) is 6.55. The SMILES string of the molecule is O=C(Nc1ccc(S(=O)(=O)Nc2nccs2)cc1)[C@H](CCO)N1CCCc2cc(Cl)ccc21.O=C1OCC[C@@H]1N1CCCc2cc(Cl)ccc21. The lowest BCUT2D eigenvalue weighted by molar-refractivity contribution is -0.139. The van der Waals surface area contributed by atoms with Crippen LogP contribution in [-0.4, -0.2) is 68.8 Å². The van der Waals surface area contributed by atoms with Gasteiger partial charge in [-0.1, -0.05) is 23.2 Å². The molecule has 4 aromatic rings. The van der Waals surface area contributed by atoms with E-state index in [9.17, 15) is 23.1 Å². The molecule has 4 heterocycles. The number of rotatable bonds is 9. The number of carbonyl (C=O) groups is 2. The zero-order chi connectivity index (χ0) is 35.3. The zero-order valence-electron chi connectivity index (χ0n) is 27.1. The van der Waals surface area contributed by atoms with Crippen molar-refractivity contribution in [2.75, 3.05) is 46.1 Å². The molecule has 0 radical (unpaired) electrons. The molecule has 1 aromatic heterocycles. The third kappa shape index (κ3) is 8.35. The summed E-state index contributed by atoms with van der Waals surface area (Å²) < 4.78 is 32.5. The van der Waals surface area contributed by atoms with Gasteiger partial charge in [0.1, 0.15) is 12.1 Å². The van der Waals surface area contributed by atoms with Crippen LogP contribution in [0, 0.1) is 0 Å². The van der Waals surface area contributed by atoms with Crippen LogP contribution in [-0.2, 0) is 37.2 Å². The number of nitrogens with one attached hydrogen (secondary N) is 2. The van der Waals surface area contributed by atoms with Crippen LogP contribution in [0.5, 0.6) is 0 Å². The van der Waals surface area contributed by atoms with Gasteiger partial charge in [0.05, 0.1) is 11.5 Å². The summed E-state index contributed by atoms with van der Waals surface area (Å²) in [5.74, 6) is -0.365. The molecule has 0 spiro atoms. The predicted molar refractivity (Wildman–Crippen MR) is 197 cm³/mol. The third-order valence-corrected chi connectivity index (χ3v) is 11.5. The van der Waals surface area contributed by atoms with E-state index in [1.165, 1.54) is 47.4 Å². The van der Waals surface area contributed by atoms with Gasteiger partial charge in [-0.25, -0.2) is 18.2 Å². The maximum Gasteiger partial charge on any atom is 0.328 e. The van der Waals surface area contributed by atoms with Crippen LogP contribution in [0.4, 0.5) is 22.2 Å². The molecule has 1 fully saturated rings. The number of sulfonamides is 1. The first-order chi connectivity index (χ1) is 24.1. The Morgan fingerprint density at radius 2 is 1.68 bits per heavy atom. The van der Waals surface area contributed by atoms with E-state index in [0.717, 1.165) is 60.6 Å². The van der Waals surface area contributed by atoms with Crippen molar-refractivity contribution in [2.45, 2.75) is 55.5 Å². The fourth-order valence-corrected chi connectivity index (χ4v) is 8.72. The number of cyclic esters (lactones) is 1. The number of aliphatic hydroxyl groups excluding tert-OH is 1. The van der Waals surface area contributed by atoms with Crippen LogP contribution in [0.1, 0.15) is 36.8 Å². The Morgan fingerprint density at radius 3 is 2.32 bits per heavy atom. The molecule has 264 valence electrons. The van der Waals surface area contributed by atoms with Gasteiger partial charge in [-0.05, 0) is 104 Å². The summed E-state index contributed by atoms with van der Waals surface area (Å²) in [7, 11) is -3.77. The highest BCUT2D eigenvalue weighted by Gasteiger charge is 2.34. The first-order valence-electron chi connectivity index (χ1n) is 16.3. The third-order valence-electron chi connectivity index (χ3n) is 8.84. The number of esters is 1. The van der Waals surface area contributed by atoms with Crippen LogP contribution in [0.15, 0.2) is 77.1 Å². The summed E-state index contributed by atoms with van der Waals surface area (Å²) in [6.45, 7) is 2.01. The zero-order valence-corrected chi connectivity index (χ0v) is 30.2. The first kappa shape index (κ1) is 35.9. The minimum Gasteiger partial charge on any atom is -0.464 e. The highest BCUT2D eigenvalue weighted by atomic mass is 35.5. The molecule has 3 aliphatic heterocycles. The number of nitrogens with zero attached hydrogens (tertiary/aromatic N) is 3. The molecule has 15 heteroatoms. The molecule has 0 unspecified atom stereocenters. The van der Waals surface area contributed by atoms with Crippen molar-refractivity contribution in [3.63, 3.8) is 0 Å². The summed E-state index contributed by atoms with van der Waals surface area (Å²) in [5, 5.41) is 15.8. The maximum atomic E-state index is 13.1. The molecule has 11 nitrogen and oxygen atoms in total. The minimum absolute atomic E-state index is 0.0597. The lowest BCUT2D eigenvalue weighted by atomic mass is 9.98. The Hall–Kier alpha value is -3.88. The van der Waals surface area contributed by atoms with Gasteiger partial charge in [0.15, 0.2) is 5.13 Å². The lowest BCUT2D eigenvalue weighted by Gasteiger charge is -2.37. The van der Waals surface area contributed by atoms with Crippen LogP contribution in [0.25, 0.3) is 0 Å². The van der Waals surface area contributed by atoms with Crippen molar-refractivity contribution in [2.24, 2.45) is 0 Å². The molecular formula is C35H37Cl2N5O6S2. The quantitative estimate of drug-likeness (QED) is 0.172. The summed E-state index contributed by atoms with van der Waals surface area (Å²) in [4.78, 5) is 33.0. The number of fused-ring (bicyclic) bond motifs is 2. The lowest BCUT2D eigenvalue weighted by Crippen LogP contribution is -2.47. The van der Waals surface area contributed by atoms with Gasteiger partial charge in [-0.3, -0.25) is 9.52 Å². The molecule has 3 aliphatic rings. The van der Waals surface area contributed by atoms with Crippen molar-refractivity contribution in [1.82, 2.24) is 4.98 Å². The summed E-state index contributed by atoms with van der Waals surface area (Å²) in [6, 6.07) is 16.8. The van der Waals surface area contributed by atoms with Gasteiger partial charge >= 0.3 is 5.97 Å². The fraction of sp³-hybridized carbons (Fsp3) is 0.343. The van der Waals surface area contributed by atoms with Gasteiger partial charge < -0.3 is 25.0 Å². The molecular weight excluding hydrogens is 721 g/mol. The Bertz CT molecular complexity index is 1930. The maximum absolute atomic E-state index is 13.1. The van der Waals surface area contributed by atoms with E-state index in [2.05, 4.69) is 19.9 Å². The van der Waals surface area contributed by atoms with Gasteiger partial charge in [0.2, 0.25) is 5.91 Å². The number of aliphatic hydroxyl groups is 1. The molecule has 1 amide bonds. The van der Waals surface area contributed by atoms with E-state index < -0.39 is 16.1 Å². The highest BCUT2D eigenvalue weighted by molar-refractivity contribution is 7.93. The van der Waals surface area contributed by atoms with Crippen molar-refractivity contribution in [3.8, 4) is 0 Å². The molecule has 0 aliphatic carbocycles. The smallest absolute Gasteiger partial charge is 0.328 e. The number of hydrogen-bond acceptors (Lipinski definition) is 10. The number of aromatic nitrogens is 1. The van der Waals surface area contributed by atoms with Crippen LogP contribution in [0.2, 0.25) is 10.0 Å². The number of benzene rings is 3. The van der Waals surface area contributed by atoms with E-state index in [1.54, 1.807) is 11.4 Å². The highest BCUT2D eigenvalue weighted by Crippen LogP contribution is 2.34. The first-order valence-corrected chi connectivity index (χ1v) is 19.5. The summed E-state index contributed by atoms with van der Waals surface area (Å²) in [5.41, 5.74) is 4.86. The standard InChI is InChI=1S/C22H23ClN4O4S2.C13H14ClNO2/c23-16-3-8-19-15(14-16)2-1-11-27(19)20(9-12-28)21(29)25-17-4-6-18(7-5-17)33(30,31)26-22-24-10-13-32-22;14-10-3-4-11-9(8-10)2-1-6-15(11)12-5-7-17-13(12)16/h3-8,10,13-14,20,28H,1-2,9,11-12H2,(H,24,26)(H,25,29);3-4,8,12H,1-2,5-7H2/t20-;12-/m00/s1. The number of ether oxygens (including phenoxy) is 1. The average molecular weight is 759 g/mol. The molecule has 3 N–H and O–H groups in total. The molecule has 0 saturated carbocycles. The molecule has 7 rings (SSSR count). The summed E-state index contributed by atoms with van der Waals surface area (Å²) in [6.07, 6.45) is 6.43. The molecule has 3 aromatic carbocycles. The van der Waals surface area contributed by atoms with E-state index >= 15 is 0 Å². The number of anilines is 4. The van der Waals surface area contributed by atoms with Gasteiger partial charge in [0, 0.05) is 64.8 Å². The molecule has 2 atom stereocenters. The molecule has 0 bridgehead atoms. The predicted octanol–water partition coefficient (Wildman–Crippen LogP) is 6.15. The van der Waals surface area contributed by atoms with E-state index in [4.69, 9.17) is 27.9 Å². The van der Waals surface area contributed by atoms with E-state index in [-0.39, 0.29) is 41.0 Å². The molecule has 1 saturated heterocycles. The number of carbonyl (C=O) groups excluding carboxylic acids is 2. The number of aryl methyl sites for hydroxylation is 2. The number of thiazole rings is 1. The Kier molecular flexibility index (Phi) is 11.5. The monoisotopic (exact) mass is 757 g/mol. The second-order valence-corrected chi connectivity index (χ2v) is 15.5. The van der Waals surface area contributed by atoms with Crippen molar-refractivity contribution in [1.29, 1.82) is 0 Å². The minimum atomic E-state index is -3.77. The molecule has 50 heavy (non-hydrogen) atoms. The van der Waals surface area contributed by atoms with Crippen LogP contribution < -0.4 is 19.8 Å². The van der Waals surface area contributed by atoms with Crippen LogP contribution in [0.3, 0.4) is 0 Å². The summed E-state index contributed by atoms with van der Waals surface area (Å²) >= 11 is 13.3.